The predicted octanol–water partition coefficient (Wildman–Crippen LogP) is 2.21. The summed E-state index contributed by atoms with van der Waals surface area (Å²) < 4.78 is 39.2. The summed E-state index contributed by atoms with van der Waals surface area (Å²) in [5, 5.41) is 9.26. The summed E-state index contributed by atoms with van der Waals surface area (Å²) in [6.45, 7) is 2.27. The number of carbonyl (C=O) groups excluding carboxylic acids is 1. The molecule has 21 heavy (non-hydrogen) atoms. The Hall–Kier alpha value is -1.50. The number of aliphatic hydroxyl groups excluding tert-OH is 1. The number of likely N-dealkylation sites (tertiary alicyclic amines) is 1. The number of carbonyl (C=O) groups is 1. The third-order valence-electron chi connectivity index (χ3n) is 4.07. The van der Waals surface area contributed by atoms with Crippen LogP contribution in [-0.2, 0) is 4.79 Å². The SMILES string of the molecule is CC(C(=O)N1CCC(C(O)C(F)(F)F)CC1)n1cccc1. The maximum Gasteiger partial charge on any atom is 0.414 e. The highest BCUT2D eigenvalue weighted by molar-refractivity contribution is 5.80. The van der Waals surface area contributed by atoms with E-state index in [4.69, 9.17) is 0 Å². The van der Waals surface area contributed by atoms with E-state index in [1.807, 2.05) is 12.1 Å². The van der Waals surface area contributed by atoms with Crippen molar-refractivity contribution in [1.29, 1.82) is 0 Å². The van der Waals surface area contributed by atoms with Crippen molar-refractivity contribution in [1.82, 2.24) is 9.47 Å². The molecule has 1 amide bonds. The number of hydrogen-bond acceptors (Lipinski definition) is 2. The Kier molecular flexibility index (Phi) is 4.61. The van der Waals surface area contributed by atoms with Crippen LogP contribution in [0.2, 0.25) is 0 Å². The quantitative estimate of drug-likeness (QED) is 0.930. The molecule has 118 valence electrons. The largest absolute Gasteiger partial charge is 0.414 e. The second-order valence-electron chi connectivity index (χ2n) is 5.46. The van der Waals surface area contributed by atoms with Gasteiger partial charge in [0.2, 0.25) is 5.91 Å². The van der Waals surface area contributed by atoms with Crippen LogP contribution >= 0.6 is 0 Å². The Labute approximate surface area is 121 Å². The maximum absolute atomic E-state index is 12.5. The average Bonchev–Trinajstić information content (AvgIpc) is 2.98. The zero-order valence-corrected chi connectivity index (χ0v) is 11.8. The lowest BCUT2D eigenvalue weighted by Gasteiger charge is -2.36. The zero-order valence-electron chi connectivity index (χ0n) is 11.8. The van der Waals surface area contributed by atoms with Crippen molar-refractivity contribution < 1.29 is 23.1 Å². The number of hydrogen-bond donors (Lipinski definition) is 1. The monoisotopic (exact) mass is 304 g/mol. The molecule has 1 N–H and O–H groups in total. The van der Waals surface area contributed by atoms with E-state index in [2.05, 4.69) is 0 Å². The van der Waals surface area contributed by atoms with Crippen LogP contribution in [0.25, 0.3) is 0 Å². The van der Waals surface area contributed by atoms with Crippen molar-refractivity contribution in [2.75, 3.05) is 13.1 Å². The van der Waals surface area contributed by atoms with E-state index < -0.39 is 18.2 Å². The molecule has 1 aliphatic rings. The van der Waals surface area contributed by atoms with Crippen molar-refractivity contribution in [3.05, 3.63) is 24.5 Å². The maximum atomic E-state index is 12.5. The number of aromatic nitrogens is 1. The Morgan fingerprint density at radius 1 is 1.24 bits per heavy atom. The van der Waals surface area contributed by atoms with Crippen molar-refractivity contribution in [2.45, 2.75) is 38.1 Å². The highest BCUT2D eigenvalue weighted by atomic mass is 19.4. The van der Waals surface area contributed by atoms with Crippen LogP contribution < -0.4 is 0 Å². The minimum absolute atomic E-state index is 0.105. The average molecular weight is 304 g/mol. The Morgan fingerprint density at radius 2 is 1.76 bits per heavy atom. The zero-order chi connectivity index (χ0) is 15.6. The fourth-order valence-electron chi connectivity index (χ4n) is 2.70. The standard InChI is InChI=1S/C14H19F3N2O2/c1-10(18-6-2-3-7-18)13(21)19-8-4-11(5-9-19)12(20)14(15,16)17/h2-3,6-7,10-12,20H,4-5,8-9H2,1H3. The van der Waals surface area contributed by atoms with Gasteiger partial charge in [0.15, 0.2) is 6.10 Å². The van der Waals surface area contributed by atoms with Gasteiger partial charge in [0.05, 0.1) is 0 Å². The van der Waals surface area contributed by atoms with Crippen molar-refractivity contribution in [3.8, 4) is 0 Å². The normalized spacial score (nSPS) is 20.3. The minimum Gasteiger partial charge on any atom is -0.383 e. The molecule has 2 rings (SSSR count). The van der Waals surface area contributed by atoms with E-state index in [9.17, 15) is 23.1 Å². The number of nitrogens with zero attached hydrogens (tertiary/aromatic N) is 2. The van der Waals surface area contributed by atoms with E-state index >= 15 is 0 Å². The first-order chi connectivity index (χ1) is 9.80. The molecular formula is C14H19F3N2O2. The van der Waals surface area contributed by atoms with Crippen LogP contribution in [0.3, 0.4) is 0 Å². The number of piperidine rings is 1. The van der Waals surface area contributed by atoms with Crippen LogP contribution in [0.1, 0.15) is 25.8 Å². The molecule has 4 nitrogen and oxygen atoms in total. The van der Waals surface area contributed by atoms with Gasteiger partial charge in [0.1, 0.15) is 6.04 Å². The second kappa shape index (κ2) is 6.09. The molecule has 1 saturated heterocycles. The summed E-state index contributed by atoms with van der Waals surface area (Å²) in [7, 11) is 0. The summed E-state index contributed by atoms with van der Waals surface area (Å²) in [6.07, 6.45) is -2.98. The molecule has 0 aliphatic carbocycles. The number of aliphatic hydroxyl groups is 1. The molecule has 0 aromatic carbocycles. The second-order valence-corrected chi connectivity index (χ2v) is 5.46. The van der Waals surface area contributed by atoms with Gasteiger partial charge >= 0.3 is 6.18 Å². The van der Waals surface area contributed by atoms with Crippen molar-refractivity contribution in [3.63, 3.8) is 0 Å². The van der Waals surface area contributed by atoms with E-state index in [-0.39, 0.29) is 37.9 Å². The van der Waals surface area contributed by atoms with E-state index in [1.54, 1.807) is 28.8 Å². The van der Waals surface area contributed by atoms with Crippen molar-refractivity contribution in [2.24, 2.45) is 5.92 Å². The molecule has 1 aliphatic heterocycles. The summed E-state index contributed by atoms with van der Waals surface area (Å²) in [5.74, 6) is -0.929. The third-order valence-corrected chi connectivity index (χ3v) is 4.07. The van der Waals surface area contributed by atoms with Gasteiger partial charge in [-0.15, -0.1) is 0 Å². The highest BCUT2D eigenvalue weighted by Crippen LogP contribution is 2.32. The molecule has 2 unspecified atom stereocenters. The highest BCUT2D eigenvalue weighted by Gasteiger charge is 2.44. The van der Waals surface area contributed by atoms with Gasteiger partial charge in [-0.1, -0.05) is 0 Å². The molecule has 1 aromatic heterocycles. The lowest BCUT2D eigenvalue weighted by atomic mass is 9.90. The molecule has 7 heteroatoms. The third kappa shape index (κ3) is 3.58. The fourth-order valence-corrected chi connectivity index (χ4v) is 2.70. The smallest absolute Gasteiger partial charge is 0.383 e. The van der Waals surface area contributed by atoms with Crippen molar-refractivity contribution >= 4 is 5.91 Å². The molecule has 2 atom stereocenters. The Balaban J connectivity index is 1.90. The Bertz CT molecular complexity index is 465. The summed E-state index contributed by atoms with van der Waals surface area (Å²) >= 11 is 0. The van der Waals surface area contributed by atoms with Gasteiger partial charge in [-0.2, -0.15) is 13.2 Å². The number of rotatable bonds is 3. The van der Waals surface area contributed by atoms with E-state index in [1.165, 1.54) is 0 Å². The summed E-state index contributed by atoms with van der Waals surface area (Å²) in [5.41, 5.74) is 0. The van der Waals surface area contributed by atoms with Gasteiger partial charge in [-0.05, 0) is 37.8 Å². The number of alkyl halides is 3. The van der Waals surface area contributed by atoms with E-state index in [0.29, 0.717) is 0 Å². The molecule has 2 heterocycles. The van der Waals surface area contributed by atoms with Gasteiger partial charge in [0, 0.05) is 25.5 Å². The summed E-state index contributed by atoms with van der Waals surface area (Å²) in [6, 6.07) is 3.26. The first-order valence-electron chi connectivity index (χ1n) is 6.96. The minimum atomic E-state index is -4.59. The van der Waals surface area contributed by atoms with Crippen LogP contribution in [0, 0.1) is 5.92 Å². The van der Waals surface area contributed by atoms with Crippen LogP contribution in [0.15, 0.2) is 24.5 Å². The van der Waals surface area contributed by atoms with Crippen LogP contribution in [0.5, 0.6) is 0 Å². The molecule has 0 spiro atoms. The van der Waals surface area contributed by atoms with Crippen LogP contribution in [-0.4, -0.2) is 45.9 Å². The lowest BCUT2D eigenvalue weighted by molar-refractivity contribution is -0.223. The summed E-state index contributed by atoms with van der Waals surface area (Å²) in [4.78, 5) is 13.9. The Morgan fingerprint density at radius 3 is 2.24 bits per heavy atom. The molecular weight excluding hydrogens is 285 g/mol. The van der Waals surface area contributed by atoms with Gasteiger partial charge in [-0.3, -0.25) is 4.79 Å². The van der Waals surface area contributed by atoms with Gasteiger partial charge < -0.3 is 14.6 Å². The number of amides is 1. The van der Waals surface area contributed by atoms with Crippen LogP contribution in [0.4, 0.5) is 13.2 Å². The lowest BCUT2D eigenvalue weighted by Crippen LogP contribution is -2.46. The molecule has 1 fully saturated rings. The molecule has 0 saturated carbocycles. The first-order valence-corrected chi connectivity index (χ1v) is 6.96. The molecule has 0 radical (unpaired) electrons. The number of halogens is 3. The fraction of sp³-hybridized carbons (Fsp3) is 0.643. The predicted molar refractivity (Wildman–Crippen MR) is 70.5 cm³/mol. The first kappa shape index (κ1) is 15.9. The van der Waals surface area contributed by atoms with E-state index in [0.717, 1.165) is 0 Å². The van der Waals surface area contributed by atoms with Gasteiger partial charge in [0.25, 0.3) is 0 Å². The molecule has 1 aromatic rings. The molecule has 0 bridgehead atoms. The van der Waals surface area contributed by atoms with Gasteiger partial charge in [-0.25, -0.2) is 0 Å². The topological polar surface area (TPSA) is 45.5 Å².